The summed E-state index contributed by atoms with van der Waals surface area (Å²) in [6.45, 7) is 8.88. The first-order chi connectivity index (χ1) is 29.1. The first-order valence-electron chi connectivity index (χ1n) is 21.5. The quantitative estimate of drug-likeness (QED) is 0.202. The second-order valence-electron chi connectivity index (χ2n) is 17.4. The average Bonchev–Trinajstić information content (AvgIpc) is 3.95. The molecule has 0 bridgehead atoms. The van der Waals surface area contributed by atoms with Crippen LogP contribution in [0, 0.1) is 11.3 Å². The maximum atomic E-state index is 13.5. The summed E-state index contributed by atoms with van der Waals surface area (Å²) in [6, 6.07) is 13.1. The lowest BCUT2D eigenvalue weighted by atomic mass is 9.71. The molecule has 60 heavy (non-hydrogen) atoms. The van der Waals surface area contributed by atoms with Gasteiger partial charge in [0.2, 0.25) is 5.91 Å². The van der Waals surface area contributed by atoms with Crippen LogP contribution in [0.5, 0.6) is 0 Å². The molecule has 4 saturated heterocycles. The number of carbonyl (C=O) groups is 4. The minimum absolute atomic E-state index is 0.0493. The van der Waals surface area contributed by atoms with Gasteiger partial charge in [-0.25, -0.2) is 14.3 Å². The summed E-state index contributed by atoms with van der Waals surface area (Å²) in [5, 5.41) is 10.7. The molecule has 0 unspecified atom stereocenters. The Hall–Kier alpha value is -5.25. The number of amides is 5. The Kier molecular flexibility index (Phi) is 11.2. The molecule has 5 fully saturated rings. The van der Waals surface area contributed by atoms with E-state index in [0.717, 1.165) is 95.4 Å². The number of aromatic nitrogens is 3. The maximum absolute atomic E-state index is 13.5. The second-order valence-corrected chi connectivity index (χ2v) is 17.8. The van der Waals surface area contributed by atoms with Crippen LogP contribution < -0.4 is 26.2 Å². The van der Waals surface area contributed by atoms with Crippen LogP contribution in [0.3, 0.4) is 0 Å². The summed E-state index contributed by atoms with van der Waals surface area (Å²) in [4.78, 5) is 64.8. The van der Waals surface area contributed by atoms with Crippen molar-refractivity contribution in [1.29, 1.82) is 0 Å². The first-order valence-corrected chi connectivity index (χ1v) is 21.9. The van der Waals surface area contributed by atoms with E-state index in [1.54, 1.807) is 18.2 Å². The summed E-state index contributed by atoms with van der Waals surface area (Å²) in [6.07, 6.45) is 11.6. The lowest BCUT2D eigenvalue weighted by molar-refractivity contribution is -0.120. The normalized spacial score (nSPS) is 20.4. The van der Waals surface area contributed by atoms with Gasteiger partial charge in [-0.3, -0.25) is 29.5 Å². The zero-order valence-corrected chi connectivity index (χ0v) is 35.1. The van der Waals surface area contributed by atoms with E-state index in [2.05, 4.69) is 48.5 Å². The molecule has 316 valence electrons. The molecule has 1 saturated carbocycles. The minimum Gasteiger partial charge on any atom is -0.385 e. The van der Waals surface area contributed by atoms with Gasteiger partial charge in [0, 0.05) is 75.5 Å². The molecule has 7 heterocycles. The first kappa shape index (κ1) is 40.2. The van der Waals surface area contributed by atoms with Gasteiger partial charge >= 0.3 is 6.03 Å². The third-order valence-electron chi connectivity index (χ3n) is 13.1. The van der Waals surface area contributed by atoms with E-state index < -0.39 is 11.9 Å². The number of hydrogen-bond donors (Lipinski definition) is 3. The van der Waals surface area contributed by atoms with E-state index in [1.807, 2.05) is 18.0 Å². The molecule has 4 aromatic rings. The molecule has 10 rings (SSSR count). The monoisotopic (exact) mass is 835 g/mol. The van der Waals surface area contributed by atoms with Gasteiger partial charge in [-0.15, -0.1) is 5.10 Å². The molecule has 6 aliphatic rings. The van der Waals surface area contributed by atoms with E-state index in [1.165, 1.54) is 58.8 Å². The molecule has 1 spiro atoms. The summed E-state index contributed by atoms with van der Waals surface area (Å²) in [7, 11) is 1.83. The molecule has 5 aliphatic heterocycles. The van der Waals surface area contributed by atoms with E-state index >= 15 is 0 Å². The average molecular weight is 836 g/mol. The van der Waals surface area contributed by atoms with Crippen molar-refractivity contribution in [2.45, 2.75) is 64.3 Å². The number of fused-ring (bicyclic) bond motifs is 2. The van der Waals surface area contributed by atoms with Crippen molar-refractivity contribution in [3.63, 3.8) is 0 Å². The van der Waals surface area contributed by atoms with Crippen molar-refractivity contribution >= 4 is 63.9 Å². The number of imide groups is 1. The highest BCUT2D eigenvalue weighted by Crippen LogP contribution is 2.42. The fourth-order valence-electron chi connectivity index (χ4n) is 9.53. The van der Waals surface area contributed by atoms with Crippen LogP contribution in [0.15, 0.2) is 48.7 Å². The van der Waals surface area contributed by atoms with Gasteiger partial charge in [-0.05, 0) is 99.6 Å². The second kappa shape index (κ2) is 16.7. The highest BCUT2D eigenvalue weighted by molar-refractivity contribution is 6.34. The number of hydrogen-bond acceptors (Lipinski definition) is 10. The Morgan fingerprint density at radius 3 is 2.37 bits per heavy atom. The number of carbonyl (C=O) groups excluding carboxylic acids is 4. The minimum atomic E-state index is -0.567. The third-order valence-corrected chi connectivity index (χ3v) is 13.5. The Morgan fingerprint density at radius 1 is 0.917 bits per heavy atom. The highest BCUT2D eigenvalue weighted by atomic mass is 35.5. The van der Waals surface area contributed by atoms with Crippen molar-refractivity contribution in [1.82, 2.24) is 34.6 Å². The summed E-state index contributed by atoms with van der Waals surface area (Å²) >= 11 is 6.42. The van der Waals surface area contributed by atoms with E-state index in [4.69, 9.17) is 22.4 Å². The lowest BCUT2D eigenvalue weighted by Gasteiger charge is -2.54. The van der Waals surface area contributed by atoms with Crippen LogP contribution >= 0.6 is 11.6 Å². The van der Waals surface area contributed by atoms with Crippen molar-refractivity contribution in [2.24, 2.45) is 17.1 Å². The summed E-state index contributed by atoms with van der Waals surface area (Å²) in [5.74, 6) is 0.497. The zero-order chi connectivity index (χ0) is 41.5. The third kappa shape index (κ3) is 8.14. The number of likely N-dealkylation sites (tertiary alicyclic amines) is 3. The van der Waals surface area contributed by atoms with Gasteiger partial charge in [0.15, 0.2) is 11.5 Å². The number of imidazole rings is 1. The highest BCUT2D eigenvalue weighted by Gasteiger charge is 2.47. The Bertz CT molecular complexity index is 2300. The number of piperidine rings is 2. The molecule has 5 amide bonds. The van der Waals surface area contributed by atoms with Gasteiger partial charge in [0.1, 0.15) is 5.69 Å². The molecule has 4 N–H and O–H groups in total. The number of primary amides is 1. The van der Waals surface area contributed by atoms with E-state index in [-0.39, 0.29) is 35.9 Å². The topological polar surface area (TPSA) is 165 Å². The Balaban J connectivity index is 0.00000148. The van der Waals surface area contributed by atoms with Gasteiger partial charge in [0.05, 0.1) is 22.6 Å². The van der Waals surface area contributed by atoms with Crippen LogP contribution in [-0.2, 0) is 17.8 Å². The van der Waals surface area contributed by atoms with Crippen molar-refractivity contribution < 1.29 is 19.2 Å². The van der Waals surface area contributed by atoms with Crippen LogP contribution in [0.4, 0.5) is 27.7 Å². The maximum Gasteiger partial charge on any atom is 0.328 e. The molecular formula is C44H54ClN11O4. The van der Waals surface area contributed by atoms with Crippen LogP contribution in [0.2, 0.25) is 5.02 Å². The number of anilines is 4. The smallest absolute Gasteiger partial charge is 0.328 e. The fourth-order valence-corrected chi connectivity index (χ4v) is 9.75. The van der Waals surface area contributed by atoms with Gasteiger partial charge in [-0.2, -0.15) is 0 Å². The molecule has 0 radical (unpaired) electrons. The van der Waals surface area contributed by atoms with E-state index in [0.29, 0.717) is 27.8 Å². The SMILES string of the molecule is C1CC1.CNc1cc(N2CCc3c(CN4CCC(CN5CCC6(CC5)CN(C(=O)c5ccc(Cl)c(N7CCC(=O)NC7=O)c5)C6)CC4)cccc32)nn2c(C(N)=O)cnc12. The Labute approximate surface area is 355 Å². The molecule has 16 heteroatoms. The number of nitrogens with two attached hydrogens (primary N) is 1. The fraction of sp³-hybridized carbons (Fsp3) is 0.500. The van der Waals surface area contributed by atoms with E-state index in [9.17, 15) is 19.2 Å². The summed E-state index contributed by atoms with van der Waals surface area (Å²) in [5.41, 5.74) is 12.2. The molecule has 0 atom stereocenters. The molecule has 2 aromatic heterocycles. The predicted octanol–water partition coefficient (Wildman–Crippen LogP) is 5.28. The van der Waals surface area contributed by atoms with Gasteiger partial charge in [0.25, 0.3) is 11.8 Å². The number of urea groups is 1. The van der Waals surface area contributed by atoms with Crippen LogP contribution in [0.25, 0.3) is 5.65 Å². The summed E-state index contributed by atoms with van der Waals surface area (Å²) < 4.78 is 1.53. The largest absolute Gasteiger partial charge is 0.385 e. The molecule has 15 nitrogen and oxygen atoms in total. The zero-order valence-electron chi connectivity index (χ0n) is 34.3. The van der Waals surface area contributed by atoms with Crippen molar-refractivity contribution in [3.05, 3.63) is 76.1 Å². The van der Waals surface area contributed by atoms with Crippen LogP contribution in [-0.4, -0.2) is 119 Å². The molecular weight excluding hydrogens is 782 g/mol. The predicted molar refractivity (Wildman–Crippen MR) is 231 cm³/mol. The van der Waals surface area contributed by atoms with Crippen molar-refractivity contribution in [3.8, 4) is 0 Å². The van der Waals surface area contributed by atoms with Gasteiger partial charge < -0.3 is 25.8 Å². The molecule has 1 aliphatic carbocycles. The lowest BCUT2D eigenvalue weighted by Crippen LogP contribution is -2.62. The number of rotatable bonds is 9. The number of benzene rings is 2. The standard InChI is InChI=1S/C41H48ClN11O4.C3H6/c1-44-31-20-35(47-53-34(37(43)55)21-45-38(31)53)51-15-9-29-28(3-2-4-32(29)51)23-48-13-7-26(8-14-48)22-49-17-11-41(12-18-49)24-50(25-41)39(56)27-5-6-30(42)33(19-27)52-16-10-36(54)46-40(52)57;1-2-3-1/h2-6,19-21,26,44H,7-18,22-25H2,1H3,(H2,43,55)(H,46,54,57);1-3H2. The molecule has 2 aromatic carbocycles. The van der Waals surface area contributed by atoms with Gasteiger partial charge in [-0.1, -0.05) is 43.0 Å². The number of nitrogens with zero attached hydrogens (tertiary/aromatic N) is 8. The number of halogens is 1. The van der Waals surface area contributed by atoms with Crippen molar-refractivity contribution in [2.75, 3.05) is 81.1 Å². The Morgan fingerprint density at radius 2 is 1.67 bits per heavy atom. The number of nitrogens with one attached hydrogen (secondary N) is 2. The van der Waals surface area contributed by atoms with Crippen LogP contribution in [0.1, 0.15) is 83.3 Å².